The number of thiocarbonyl (C=S) groups is 1. The Morgan fingerprint density at radius 2 is 2.23 bits per heavy atom. The van der Waals surface area contributed by atoms with Crippen molar-refractivity contribution in [3.8, 4) is 0 Å². The van der Waals surface area contributed by atoms with E-state index in [0.717, 1.165) is 9.15 Å². The van der Waals surface area contributed by atoms with Crippen molar-refractivity contribution in [3.63, 3.8) is 0 Å². The van der Waals surface area contributed by atoms with Crippen molar-refractivity contribution in [2.75, 3.05) is 12.0 Å². The van der Waals surface area contributed by atoms with Crippen LogP contribution in [0.4, 0.5) is 0 Å². The third-order valence-corrected chi connectivity index (χ3v) is 3.29. The van der Waals surface area contributed by atoms with Gasteiger partial charge in [0, 0.05) is 4.47 Å². The molecule has 2 aromatic rings. The van der Waals surface area contributed by atoms with E-state index in [4.69, 9.17) is 5.73 Å². The molecule has 0 aliphatic rings. The van der Waals surface area contributed by atoms with Crippen LogP contribution in [0.2, 0.25) is 0 Å². The topological polar surface area (TPSA) is 114 Å². The fraction of sp³-hybridized carbons (Fsp3) is 0.167. The van der Waals surface area contributed by atoms with Crippen LogP contribution < -0.4 is 27.6 Å². The van der Waals surface area contributed by atoms with E-state index in [9.17, 15) is 9.59 Å². The monoisotopic (exact) mass is 384 g/mol. The van der Waals surface area contributed by atoms with Gasteiger partial charge in [-0.15, -0.1) is 0 Å². The molecule has 0 aliphatic carbocycles. The molecule has 2 rings (SSSR count). The maximum absolute atomic E-state index is 12.4. The number of carbonyl (C=O) groups is 1. The standard InChI is InChI=1S/C12H13BrN6O2S/c1-6-16-9-3-2-7(13)4-8(9)11(21)19(6)18-10(20)5-15-17-12(14)22/h2-4,15H,5H2,1H3,(H,18,20)(H3,14,17,22). The summed E-state index contributed by atoms with van der Waals surface area (Å²) in [5.74, 6) is -0.0828. The van der Waals surface area contributed by atoms with Gasteiger partial charge in [-0.25, -0.2) is 15.1 Å². The molecule has 8 nitrogen and oxygen atoms in total. The molecule has 1 aromatic heterocycles. The van der Waals surface area contributed by atoms with Crippen LogP contribution in [0.25, 0.3) is 10.9 Å². The Morgan fingerprint density at radius 1 is 1.50 bits per heavy atom. The lowest BCUT2D eigenvalue weighted by atomic mass is 10.2. The molecule has 0 unspecified atom stereocenters. The molecule has 5 N–H and O–H groups in total. The van der Waals surface area contributed by atoms with Crippen LogP contribution in [0.15, 0.2) is 27.5 Å². The maximum Gasteiger partial charge on any atom is 0.280 e. The predicted molar refractivity (Wildman–Crippen MR) is 90.7 cm³/mol. The van der Waals surface area contributed by atoms with E-state index in [1.807, 2.05) is 0 Å². The molecule has 116 valence electrons. The van der Waals surface area contributed by atoms with Gasteiger partial charge < -0.3 is 5.73 Å². The number of carbonyl (C=O) groups excluding carboxylic acids is 1. The number of amides is 1. The highest BCUT2D eigenvalue weighted by atomic mass is 79.9. The lowest BCUT2D eigenvalue weighted by molar-refractivity contribution is -0.116. The number of benzene rings is 1. The minimum atomic E-state index is -0.454. The second-order valence-electron chi connectivity index (χ2n) is 4.34. The number of nitrogens with one attached hydrogen (secondary N) is 3. The number of halogens is 1. The van der Waals surface area contributed by atoms with Gasteiger partial charge in [0.05, 0.1) is 17.4 Å². The molecule has 22 heavy (non-hydrogen) atoms. The molecule has 10 heteroatoms. The van der Waals surface area contributed by atoms with Gasteiger partial charge in [-0.2, -0.15) is 0 Å². The Kier molecular flexibility index (Phi) is 5.06. The minimum absolute atomic E-state index is 0.0124. The van der Waals surface area contributed by atoms with Crippen molar-refractivity contribution in [1.29, 1.82) is 0 Å². The summed E-state index contributed by atoms with van der Waals surface area (Å²) in [5.41, 5.74) is 12.8. The highest BCUT2D eigenvalue weighted by Crippen LogP contribution is 2.15. The molecule has 0 radical (unpaired) electrons. The molecule has 0 aliphatic heterocycles. The average Bonchev–Trinajstić information content (AvgIpc) is 2.44. The molecular weight excluding hydrogens is 372 g/mol. The van der Waals surface area contributed by atoms with Crippen LogP contribution in [0.3, 0.4) is 0 Å². The Balaban J connectivity index is 2.26. The lowest BCUT2D eigenvalue weighted by Crippen LogP contribution is -2.46. The van der Waals surface area contributed by atoms with Gasteiger partial charge in [-0.05, 0) is 37.3 Å². The minimum Gasteiger partial charge on any atom is -0.375 e. The smallest absolute Gasteiger partial charge is 0.280 e. The fourth-order valence-corrected chi connectivity index (χ4v) is 2.21. The zero-order valence-electron chi connectivity index (χ0n) is 11.5. The summed E-state index contributed by atoms with van der Waals surface area (Å²) in [6.45, 7) is 1.50. The molecule has 0 spiro atoms. The first-order valence-corrected chi connectivity index (χ1v) is 7.35. The second kappa shape index (κ2) is 6.81. The van der Waals surface area contributed by atoms with Crippen LogP contribution in [0, 0.1) is 6.92 Å². The van der Waals surface area contributed by atoms with E-state index in [-0.39, 0.29) is 17.2 Å². The van der Waals surface area contributed by atoms with Crippen LogP contribution in [-0.2, 0) is 4.79 Å². The first-order chi connectivity index (χ1) is 10.4. The first-order valence-electron chi connectivity index (χ1n) is 6.15. The highest BCUT2D eigenvalue weighted by molar-refractivity contribution is 9.10. The average molecular weight is 385 g/mol. The number of hydrogen-bond acceptors (Lipinski definition) is 5. The number of aromatic nitrogens is 2. The molecule has 0 saturated carbocycles. The van der Waals surface area contributed by atoms with Gasteiger partial charge in [0.15, 0.2) is 5.11 Å². The zero-order valence-corrected chi connectivity index (χ0v) is 13.9. The molecule has 0 saturated heterocycles. The van der Waals surface area contributed by atoms with Crippen molar-refractivity contribution in [3.05, 3.63) is 38.9 Å². The van der Waals surface area contributed by atoms with Gasteiger partial charge in [-0.1, -0.05) is 15.9 Å². The quantitative estimate of drug-likeness (QED) is 0.429. The van der Waals surface area contributed by atoms with Gasteiger partial charge >= 0.3 is 0 Å². The number of nitrogens with zero attached hydrogens (tertiary/aromatic N) is 2. The van der Waals surface area contributed by atoms with Crippen LogP contribution in [0.1, 0.15) is 5.82 Å². The molecule has 0 bridgehead atoms. The molecule has 1 heterocycles. The van der Waals surface area contributed by atoms with Crippen LogP contribution >= 0.6 is 28.1 Å². The van der Waals surface area contributed by atoms with E-state index < -0.39 is 5.91 Å². The Morgan fingerprint density at radius 3 is 2.91 bits per heavy atom. The second-order valence-corrected chi connectivity index (χ2v) is 5.69. The van der Waals surface area contributed by atoms with Gasteiger partial charge in [0.1, 0.15) is 5.82 Å². The number of fused-ring (bicyclic) bond motifs is 1. The Labute approximate surface area is 139 Å². The van der Waals surface area contributed by atoms with E-state index in [0.29, 0.717) is 16.7 Å². The van der Waals surface area contributed by atoms with Crippen molar-refractivity contribution >= 4 is 50.1 Å². The summed E-state index contributed by atoms with van der Waals surface area (Å²) in [6, 6.07) is 5.18. The molecule has 0 atom stereocenters. The van der Waals surface area contributed by atoms with Crippen molar-refractivity contribution < 1.29 is 4.79 Å². The highest BCUT2D eigenvalue weighted by Gasteiger charge is 2.11. The molecule has 0 fully saturated rings. The normalized spacial score (nSPS) is 10.5. The summed E-state index contributed by atoms with van der Waals surface area (Å²) >= 11 is 7.89. The number of rotatable bonds is 4. The molecule has 1 amide bonds. The third-order valence-electron chi connectivity index (χ3n) is 2.69. The van der Waals surface area contributed by atoms with Crippen LogP contribution in [0.5, 0.6) is 0 Å². The zero-order chi connectivity index (χ0) is 16.3. The van der Waals surface area contributed by atoms with Gasteiger partial charge in [0.2, 0.25) is 0 Å². The van der Waals surface area contributed by atoms with E-state index in [1.165, 1.54) is 0 Å². The Bertz CT molecular complexity index is 806. The van der Waals surface area contributed by atoms with E-state index >= 15 is 0 Å². The van der Waals surface area contributed by atoms with E-state index in [1.54, 1.807) is 25.1 Å². The van der Waals surface area contributed by atoms with Gasteiger partial charge in [0.25, 0.3) is 11.5 Å². The summed E-state index contributed by atoms with van der Waals surface area (Å²) in [4.78, 5) is 28.5. The van der Waals surface area contributed by atoms with Crippen molar-refractivity contribution in [1.82, 2.24) is 20.5 Å². The molecule has 1 aromatic carbocycles. The SMILES string of the molecule is Cc1nc2ccc(Br)cc2c(=O)n1NC(=O)CNNC(N)=S. The molecular formula is C12H13BrN6O2S. The van der Waals surface area contributed by atoms with Crippen molar-refractivity contribution in [2.24, 2.45) is 5.73 Å². The third kappa shape index (κ3) is 3.78. The van der Waals surface area contributed by atoms with Crippen molar-refractivity contribution in [2.45, 2.75) is 6.92 Å². The number of nitrogens with two attached hydrogens (primary N) is 1. The number of hydrogen-bond donors (Lipinski definition) is 4. The largest absolute Gasteiger partial charge is 0.375 e. The fourth-order valence-electron chi connectivity index (χ4n) is 1.78. The van der Waals surface area contributed by atoms with E-state index in [2.05, 4.69) is 49.4 Å². The number of aryl methyl sites for hydroxylation is 1. The first kappa shape index (κ1) is 16.3. The maximum atomic E-state index is 12.4. The summed E-state index contributed by atoms with van der Waals surface area (Å²) in [5, 5.41) is 0.410. The summed E-state index contributed by atoms with van der Waals surface area (Å²) in [7, 11) is 0. The Hall–Kier alpha value is -2.04. The lowest BCUT2D eigenvalue weighted by Gasteiger charge is -2.12. The summed E-state index contributed by atoms with van der Waals surface area (Å²) < 4.78 is 1.85. The summed E-state index contributed by atoms with van der Waals surface area (Å²) in [6.07, 6.45) is 0. The number of hydrazine groups is 1. The van der Waals surface area contributed by atoms with Crippen LogP contribution in [-0.4, -0.2) is 27.2 Å². The van der Waals surface area contributed by atoms with Gasteiger partial charge in [-0.3, -0.25) is 20.4 Å². The predicted octanol–water partition coefficient (Wildman–Crippen LogP) is -0.125.